The predicted octanol–water partition coefficient (Wildman–Crippen LogP) is 5.15. The molecule has 0 fully saturated rings. The van der Waals surface area contributed by atoms with Crippen LogP contribution >= 0.6 is 35.5 Å². The fraction of sp³-hybridized carbons (Fsp3) is 0.417. The highest BCUT2D eigenvalue weighted by Crippen LogP contribution is 2.33. The standard InChI is InChI=1S/C24H31N3O3S3.ClH/c1-5-26(6-2)15-16-27(22(28)17-18-11-13-19(14-12-18)31-7-3)24-25-23-20(32-24)9-8-10-21(23)33(4,29)30;/h8-14H,5-7,15-17H2,1-4H3;1H. The maximum atomic E-state index is 13.4. The molecule has 0 aliphatic rings. The molecule has 0 spiro atoms. The summed E-state index contributed by atoms with van der Waals surface area (Å²) in [5.41, 5.74) is 1.38. The van der Waals surface area contributed by atoms with Gasteiger partial charge in [-0.3, -0.25) is 9.69 Å². The SMILES string of the molecule is CCSc1ccc(CC(=O)N(CCN(CC)CC)c2nc3c(S(C)(=O)=O)cccc3s2)cc1.Cl. The number of carbonyl (C=O) groups is 1. The molecule has 10 heteroatoms. The summed E-state index contributed by atoms with van der Waals surface area (Å²) in [5, 5.41) is 0.538. The first-order chi connectivity index (χ1) is 15.8. The Labute approximate surface area is 217 Å². The first-order valence-corrected chi connectivity index (χ1v) is 14.8. The monoisotopic (exact) mass is 541 g/mol. The number of halogens is 1. The summed E-state index contributed by atoms with van der Waals surface area (Å²) < 4.78 is 25.2. The normalized spacial score (nSPS) is 11.6. The van der Waals surface area contributed by atoms with Gasteiger partial charge < -0.3 is 4.90 Å². The molecule has 0 aliphatic heterocycles. The Balaban J connectivity index is 0.00000408. The van der Waals surface area contributed by atoms with Crippen LogP contribution in [0.15, 0.2) is 52.3 Å². The second-order valence-electron chi connectivity index (χ2n) is 7.70. The van der Waals surface area contributed by atoms with Crippen molar-refractivity contribution in [3.8, 4) is 0 Å². The summed E-state index contributed by atoms with van der Waals surface area (Å²) in [6.45, 7) is 9.32. The molecule has 0 unspecified atom stereocenters. The Morgan fingerprint density at radius 2 is 1.71 bits per heavy atom. The van der Waals surface area contributed by atoms with Crippen molar-refractivity contribution >= 4 is 66.6 Å². The van der Waals surface area contributed by atoms with Gasteiger partial charge in [0.05, 0.1) is 16.0 Å². The van der Waals surface area contributed by atoms with Gasteiger partial charge in [-0.1, -0.05) is 50.3 Å². The van der Waals surface area contributed by atoms with E-state index in [2.05, 4.69) is 30.7 Å². The van der Waals surface area contributed by atoms with Gasteiger partial charge >= 0.3 is 0 Å². The van der Waals surface area contributed by atoms with E-state index in [9.17, 15) is 13.2 Å². The Kier molecular flexibility index (Phi) is 10.8. The van der Waals surface area contributed by atoms with E-state index in [1.54, 1.807) is 28.8 Å². The van der Waals surface area contributed by atoms with Crippen molar-refractivity contribution in [3.63, 3.8) is 0 Å². The number of anilines is 1. The minimum Gasteiger partial charge on any atom is -0.302 e. The minimum absolute atomic E-state index is 0. The van der Waals surface area contributed by atoms with Crippen LogP contribution in [0.5, 0.6) is 0 Å². The van der Waals surface area contributed by atoms with Gasteiger partial charge in [-0.25, -0.2) is 13.4 Å². The lowest BCUT2D eigenvalue weighted by molar-refractivity contribution is -0.118. The van der Waals surface area contributed by atoms with Crippen molar-refractivity contribution in [1.29, 1.82) is 0 Å². The van der Waals surface area contributed by atoms with Crippen LogP contribution in [-0.2, 0) is 21.1 Å². The lowest BCUT2D eigenvalue weighted by Gasteiger charge is -2.24. The van der Waals surface area contributed by atoms with E-state index >= 15 is 0 Å². The zero-order chi connectivity index (χ0) is 24.0. The number of carbonyl (C=O) groups excluding carboxylic acids is 1. The number of likely N-dealkylation sites (N-methyl/N-ethyl adjacent to an activating group) is 1. The van der Waals surface area contributed by atoms with Crippen LogP contribution in [0.2, 0.25) is 0 Å². The molecule has 186 valence electrons. The number of fused-ring (bicyclic) bond motifs is 1. The predicted molar refractivity (Wildman–Crippen MR) is 147 cm³/mol. The van der Waals surface area contributed by atoms with Crippen LogP contribution in [-0.4, -0.2) is 62.4 Å². The Bertz CT molecular complexity index is 1190. The molecule has 2 aromatic carbocycles. The highest BCUT2D eigenvalue weighted by molar-refractivity contribution is 7.99. The molecule has 0 aliphatic carbocycles. The van der Waals surface area contributed by atoms with E-state index in [0.29, 0.717) is 17.2 Å². The van der Waals surface area contributed by atoms with Crippen LogP contribution in [0.25, 0.3) is 10.2 Å². The third kappa shape index (κ3) is 7.18. The number of benzene rings is 2. The molecule has 34 heavy (non-hydrogen) atoms. The van der Waals surface area contributed by atoms with Crippen molar-refractivity contribution in [1.82, 2.24) is 9.88 Å². The second-order valence-corrected chi connectivity index (χ2v) is 12.0. The average molecular weight is 542 g/mol. The van der Waals surface area contributed by atoms with Crippen LogP contribution in [0.1, 0.15) is 26.3 Å². The van der Waals surface area contributed by atoms with Gasteiger partial charge in [0.2, 0.25) is 5.91 Å². The first-order valence-electron chi connectivity index (χ1n) is 11.1. The Morgan fingerprint density at radius 3 is 2.29 bits per heavy atom. The number of sulfone groups is 1. The maximum absolute atomic E-state index is 13.4. The number of hydrogen-bond donors (Lipinski definition) is 0. The first kappa shape index (κ1) is 28.6. The van der Waals surface area contributed by atoms with Crippen molar-refractivity contribution in [2.75, 3.05) is 43.1 Å². The zero-order valence-electron chi connectivity index (χ0n) is 20.0. The van der Waals surface area contributed by atoms with E-state index in [1.807, 2.05) is 30.3 Å². The Hall–Kier alpha value is -1.65. The van der Waals surface area contributed by atoms with E-state index < -0.39 is 9.84 Å². The van der Waals surface area contributed by atoms with Crippen LogP contribution in [0.3, 0.4) is 0 Å². The van der Waals surface area contributed by atoms with Gasteiger partial charge in [0.1, 0.15) is 5.52 Å². The molecule has 0 saturated heterocycles. The molecular formula is C24H32ClN3O3S3. The van der Waals surface area contributed by atoms with Gasteiger partial charge in [0, 0.05) is 24.2 Å². The molecule has 0 bridgehead atoms. The highest BCUT2D eigenvalue weighted by Gasteiger charge is 2.23. The number of thiazole rings is 1. The molecule has 0 saturated carbocycles. The fourth-order valence-corrected chi connectivity index (χ4v) is 6.17. The molecule has 6 nitrogen and oxygen atoms in total. The molecule has 3 rings (SSSR count). The maximum Gasteiger partial charge on any atom is 0.233 e. The van der Waals surface area contributed by atoms with E-state index in [-0.39, 0.29) is 29.6 Å². The summed E-state index contributed by atoms with van der Waals surface area (Å²) in [4.78, 5) is 23.4. The second kappa shape index (κ2) is 12.9. The van der Waals surface area contributed by atoms with Crippen LogP contribution in [0.4, 0.5) is 5.13 Å². The minimum atomic E-state index is -3.42. The number of nitrogens with zero attached hydrogens (tertiary/aromatic N) is 3. The van der Waals surface area contributed by atoms with Crippen molar-refractivity contribution in [3.05, 3.63) is 48.0 Å². The van der Waals surface area contributed by atoms with Gasteiger partial charge in [-0.2, -0.15) is 0 Å². The number of amides is 1. The smallest absolute Gasteiger partial charge is 0.233 e. The van der Waals surface area contributed by atoms with Crippen molar-refractivity contribution < 1.29 is 13.2 Å². The van der Waals surface area contributed by atoms with Crippen LogP contribution in [0, 0.1) is 0 Å². The molecular weight excluding hydrogens is 510 g/mol. The summed E-state index contributed by atoms with van der Waals surface area (Å²) >= 11 is 3.13. The molecule has 1 amide bonds. The third-order valence-electron chi connectivity index (χ3n) is 5.43. The number of thioether (sulfide) groups is 1. The van der Waals surface area contributed by atoms with Gasteiger partial charge in [-0.15, -0.1) is 24.2 Å². The molecule has 0 N–H and O–H groups in total. The van der Waals surface area contributed by atoms with Gasteiger partial charge in [0.15, 0.2) is 15.0 Å². The summed E-state index contributed by atoms with van der Waals surface area (Å²) in [6, 6.07) is 13.2. The summed E-state index contributed by atoms with van der Waals surface area (Å²) in [6.07, 6.45) is 1.45. The number of para-hydroxylation sites is 1. The number of hydrogen-bond acceptors (Lipinski definition) is 7. The van der Waals surface area contributed by atoms with Crippen molar-refractivity contribution in [2.45, 2.75) is 37.0 Å². The van der Waals surface area contributed by atoms with Gasteiger partial charge in [-0.05, 0) is 48.7 Å². The third-order valence-corrected chi connectivity index (χ3v) is 8.49. The quantitative estimate of drug-likeness (QED) is 0.313. The molecule has 1 heterocycles. The van der Waals surface area contributed by atoms with E-state index in [0.717, 1.165) is 35.7 Å². The zero-order valence-corrected chi connectivity index (χ0v) is 23.2. The molecule has 0 atom stereocenters. The number of aromatic nitrogens is 1. The summed E-state index contributed by atoms with van der Waals surface area (Å²) in [7, 11) is -3.42. The molecule has 1 aromatic heterocycles. The van der Waals surface area contributed by atoms with Crippen molar-refractivity contribution in [2.24, 2.45) is 0 Å². The van der Waals surface area contributed by atoms with Crippen LogP contribution < -0.4 is 4.90 Å². The highest BCUT2D eigenvalue weighted by atomic mass is 35.5. The fourth-order valence-electron chi connectivity index (χ4n) is 3.57. The summed E-state index contributed by atoms with van der Waals surface area (Å²) in [5.74, 6) is 0.961. The molecule has 0 radical (unpaired) electrons. The lowest BCUT2D eigenvalue weighted by Crippen LogP contribution is -2.39. The van der Waals surface area contributed by atoms with Gasteiger partial charge in [0.25, 0.3) is 0 Å². The topological polar surface area (TPSA) is 70.6 Å². The number of rotatable bonds is 11. The lowest BCUT2D eigenvalue weighted by atomic mass is 10.1. The van der Waals surface area contributed by atoms with E-state index in [4.69, 9.17) is 0 Å². The van der Waals surface area contributed by atoms with E-state index in [1.165, 1.54) is 22.5 Å². The largest absolute Gasteiger partial charge is 0.302 e. The molecule has 3 aromatic rings. The average Bonchev–Trinajstić information content (AvgIpc) is 3.21. The Morgan fingerprint density at radius 1 is 1.03 bits per heavy atom.